The van der Waals surface area contributed by atoms with Gasteiger partial charge in [-0.2, -0.15) is 29.3 Å². The first kappa shape index (κ1) is 14.8. The summed E-state index contributed by atoms with van der Waals surface area (Å²) < 4.78 is 0. The van der Waals surface area contributed by atoms with Crippen LogP contribution in [0, 0.1) is 12.0 Å². The van der Waals surface area contributed by atoms with E-state index in [0.29, 0.717) is 5.92 Å². The fourth-order valence-electron chi connectivity index (χ4n) is 2.65. The van der Waals surface area contributed by atoms with Crippen molar-refractivity contribution in [3.8, 4) is 0 Å². The minimum atomic E-state index is 0. The van der Waals surface area contributed by atoms with Crippen molar-refractivity contribution in [3.05, 3.63) is 53.1 Å². The zero-order chi connectivity index (χ0) is 11.4. The monoisotopic (exact) mass is 302 g/mol. The Morgan fingerprint density at radius 1 is 1.18 bits per heavy atom. The maximum Gasteiger partial charge on any atom is 2.00 e. The van der Waals surface area contributed by atoms with Crippen LogP contribution in [-0.2, 0) is 26.2 Å². The Labute approximate surface area is 124 Å². The zero-order valence-corrected chi connectivity index (χ0v) is 13.3. The second kappa shape index (κ2) is 7.21. The first-order valence-corrected chi connectivity index (χ1v) is 6.28. The molecule has 2 aliphatic rings. The Balaban J connectivity index is 0.000000205. The summed E-state index contributed by atoms with van der Waals surface area (Å²) >= 11 is 0. The molecular weight excluding hydrogens is 283 g/mol. The van der Waals surface area contributed by atoms with Gasteiger partial charge in [0.05, 0.1) is 0 Å². The van der Waals surface area contributed by atoms with Crippen molar-refractivity contribution < 1.29 is 26.2 Å². The minimum absolute atomic E-state index is 0. The van der Waals surface area contributed by atoms with Crippen molar-refractivity contribution in [2.45, 2.75) is 39.5 Å². The Kier molecular flexibility index (Phi) is 6.27. The summed E-state index contributed by atoms with van der Waals surface area (Å²) in [5.41, 5.74) is 4.77. The van der Waals surface area contributed by atoms with E-state index < -0.39 is 0 Å². The molecule has 17 heavy (non-hydrogen) atoms. The molecule has 88 valence electrons. The molecule has 3 rings (SSSR count). The van der Waals surface area contributed by atoms with Crippen molar-refractivity contribution in [1.29, 1.82) is 0 Å². The molecule has 0 saturated heterocycles. The van der Waals surface area contributed by atoms with Gasteiger partial charge in [-0.3, -0.25) is 6.08 Å². The molecule has 0 saturated carbocycles. The molecule has 0 aromatic heterocycles. The second-order valence-corrected chi connectivity index (χ2v) is 4.66. The van der Waals surface area contributed by atoms with Gasteiger partial charge in [-0.1, -0.05) is 39.0 Å². The topological polar surface area (TPSA) is 0 Å². The van der Waals surface area contributed by atoms with E-state index in [4.69, 9.17) is 0 Å². The molecule has 0 amide bonds. The fourth-order valence-corrected chi connectivity index (χ4v) is 2.65. The van der Waals surface area contributed by atoms with Crippen LogP contribution in [0.4, 0.5) is 0 Å². The molecule has 0 N–H and O–H groups in total. The summed E-state index contributed by atoms with van der Waals surface area (Å²) in [5, 5.41) is 0. The van der Waals surface area contributed by atoms with Gasteiger partial charge in [-0.05, 0) is 6.42 Å². The molecule has 0 spiro atoms. The number of rotatable bonds is 0. The van der Waals surface area contributed by atoms with Crippen LogP contribution in [0.5, 0.6) is 0 Å². The van der Waals surface area contributed by atoms with E-state index in [1.54, 1.807) is 11.1 Å². The largest absolute Gasteiger partial charge is 2.00 e. The van der Waals surface area contributed by atoms with Gasteiger partial charge in [0.15, 0.2) is 0 Å². The van der Waals surface area contributed by atoms with Crippen molar-refractivity contribution >= 4 is 0 Å². The Morgan fingerprint density at radius 3 is 2.35 bits per heavy atom. The van der Waals surface area contributed by atoms with Crippen LogP contribution in [0.15, 0.2) is 47.1 Å². The molecular formula is C16H20Zr. The van der Waals surface area contributed by atoms with Gasteiger partial charge >= 0.3 is 26.2 Å². The van der Waals surface area contributed by atoms with Crippen LogP contribution in [0.1, 0.15) is 39.5 Å². The van der Waals surface area contributed by atoms with E-state index >= 15 is 0 Å². The maximum absolute atomic E-state index is 3.50. The number of hydrogen-bond donors (Lipinski definition) is 0. The van der Waals surface area contributed by atoms with Crippen molar-refractivity contribution in [1.82, 2.24) is 0 Å². The number of hydrogen-bond acceptors (Lipinski definition) is 0. The fraction of sp³-hybridized carbons (Fsp3) is 0.438. The minimum Gasteiger partial charge on any atom is -0.266 e. The van der Waals surface area contributed by atoms with Gasteiger partial charge in [0.1, 0.15) is 0 Å². The van der Waals surface area contributed by atoms with Gasteiger partial charge < -0.3 is 0 Å². The molecule has 0 nitrogen and oxygen atoms in total. The summed E-state index contributed by atoms with van der Waals surface area (Å²) in [6.07, 6.45) is 8.95. The first-order chi connectivity index (χ1) is 7.79. The van der Waals surface area contributed by atoms with Crippen LogP contribution >= 0.6 is 0 Å². The zero-order valence-electron chi connectivity index (χ0n) is 10.8. The van der Waals surface area contributed by atoms with E-state index in [9.17, 15) is 0 Å². The van der Waals surface area contributed by atoms with E-state index in [2.05, 4.69) is 19.9 Å². The molecule has 1 aromatic carbocycles. The van der Waals surface area contributed by atoms with E-state index in [1.807, 2.05) is 30.3 Å². The summed E-state index contributed by atoms with van der Waals surface area (Å²) in [4.78, 5) is 0. The third-order valence-electron chi connectivity index (χ3n) is 3.47. The van der Waals surface area contributed by atoms with E-state index in [1.165, 1.54) is 31.3 Å². The van der Waals surface area contributed by atoms with Gasteiger partial charge in [0.25, 0.3) is 0 Å². The molecule has 0 fully saturated rings. The molecule has 0 heterocycles. The molecule has 1 heteroatoms. The molecule has 1 atom stereocenters. The third-order valence-corrected chi connectivity index (χ3v) is 3.47. The molecule has 1 aromatic rings. The second-order valence-electron chi connectivity index (χ2n) is 4.66. The normalized spacial score (nSPS) is 22.0. The van der Waals surface area contributed by atoms with Crippen LogP contribution in [0.2, 0.25) is 0 Å². The molecule has 0 bridgehead atoms. The van der Waals surface area contributed by atoms with Gasteiger partial charge in [-0.25, -0.2) is 17.7 Å². The summed E-state index contributed by atoms with van der Waals surface area (Å²) in [6, 6.07) is 10.0. The molecule has 0 aliphatic heterocycles. The average Bonchev–Trinajstić information content (AvgIpc) is 2.94. The SMILES string of the molecule is CC1=[C-]C(C)C2=C1CCCC2.[Zr+2].c1cc[cH-]c1. The Bertz CT molecular complexity index is 364. The van der Waals surface area contributed by atoms with Gasteiger partial charge in [-0.15, -0.1) is 0 Å². The molecule has 2 aliphatic carbocycles. The van der Waals surface area contributed by atoms with Crippen LogP contribution < -0.4 is 0 Å². The van der Waals surface area contributed by atoms with Crippen LogP contribution in [0.25, 0.3) is 0 Å². The third kappa shape index (κ3) is 3.85. The van der Waals surface area contributed by atoms with E-state index in [-0.39, 0.29) is 26.2 Å². The number of allylic oxidation sites excluding steroid dienone is 4. The Morgan fingerprint density at radius 2 is 1.82 bits per heavy atom. The standard InChI is InChI=1S/C11H15.C5H5.Zr/c1-8-7-9(2)11-6-4-3-5-10(8)11;1-2-4-5-3-1;/h8H,3-6H2,1-2H3;1-5H;/q2*-1;+2. The quantitative estimate of drug-likeness (QED) is 0.612. The van der Waals surface area contributed by atoms with Crippen LogP contribution in [0.3, 0.4) is 0 Å². The molecule has 1 unspecified atom stereocenters. The van der Waals surface area contributed by atoms with Crippen molar-refractivity contribution in [2.24, 2.45) is 5.92 Å². The summed E-state index contributed by atoms with van der Waals surface area (Å²) in [7, 11) is 0. The van der Waals surface area contributed by atoms with Crippen molar-refractivity contribution in [3.63, 3.8) is 0 Å². The predicted octanol–water partition coefficient (Wildman–Crippen LogP) is 4.66. The van der Waals surface area contributed by atoms with Gasteiger partial charge in [0.2, 0.25) is 0 Å². The summed E-state index contributed by atoms with van der Waals surface area (Å²) in [5.74, 6) is 0.630. The molecule has 0 radical (unpaired) electrons. The average molecular weight is 304 g/mol. The van der Waals surface area contributed by atoms with Crippen LogP contribution in [-0.4, -0.2) is 0 Å². The maximum atomic E-state index is 3.50. The smallest absolute Gasteiger partial charge is 0.266 e. The summed E-state index contributed by atoms with van der Waals surface area (Å²) in [6.45, 7) is 4.49. The Hall–Kier alpha value is -0.287. The first-order valence-electron chi connectivity index (χ1n) is 6.28. The van der Waals surface area contributed by atoms with Gasteiger partial charge in [0, 0.05) is 0 Å². The van der Waals surface area contributed by atoms with E-state index in [0.717, 1.165) is 0 Å². The van der Waals surface area contributed by atoms with Crippen molar-refractivity contribution in [2.75, 3.05) is 0 Å². The predicted molar refractivity (Wildman–Crippen MR) is 69.1 cm³/mol.